The van der Waals surface area contributed by atoms with Gasteiger partial charge in [0, 0.05) is 19.3 Å². The van der Waals surface area contributed by atoms with Gasteiger partial charge in [-0.3, -0.25) is 14.4 Å². The topological polar surface area (TPSA) is 78.9 Å². The molecule has 0 aromatic heterocycles. The first-order valence-electron chi connectivity index (χ1n) is 30.1. The summed E-state index contributed by atoms with van der Waals surface area (Å²) in [4.78, 5) is 37.8. The molecule has 0 saturated carbocycles. The van der Waals surface area contributed by atoms with E-state index < -0.39 is 6.10 Å². The van der Waals surface area contributed by atoms with E-state index in [2.05, 4.69) is 93.7 Å². The fourth-order valence-electron chi connectivity index (χ4n) is 8.41. The number of carbonyl (C=O) groups excluding carboxylic acids is 3. The number of carbonyl (C=O) groups is 3. The second kappa shape index (κ2) is 59.2. The molecule has 0 bridgehead atoms. The lowest BCUT2D eigenvalue weighted by Gasteiger charge is -2.18. The molecule has 0 amide bonds. The number of hydrogen-bond acceptors (Lipinski definition) is 6. The Labute approximate surface area is 439 Å². The van der Waals surface area contributed by atoms with E-state index in [1.54, 1.807) is 0 Å². The quantitative estimate of drug-likeness (QED) is 0.0261. The summed E-state index contributed by atoms with van der Waals surface area (Å²) in [5.74, 6) is -0.987. The zero-order valence-electron chi connectivity index (χ0n) is 46.7. The predicted octanol–water partition coefficient (Wildman–Crippen LogP) is 20.3. The minimum Gasteiger partial charge on any atom is -0.462 e. The summed E-state index contributed by atoms with van der Waals surface area (Å²) >= 11 is 0. The van der Waals surface area contributed by atoms with Crippen LogP contribution in [0.25, 0.3) is 0 Å². The van der Waals surface area contributed by atoms with Crippen LogP contribution in [0.2, 0.25) is 0 Å². The monoisotopic (exact) mass is 989 g/mol. The molecular formula is C65H112O6. The molecule has 0 aliphatic heterocycles. The number of allylic oxidation sites excluding steroid dienone is 14. The molecule has 6 nitrogen and oxygen atoms in total. The third kappa shape index (κ3) is 57.4. The van der Waals surface area contributed by atoms with Gasteiger partial charge < -0.3 is 14.2 Å². The van der Waals surface area contributed by atoms with Crippen LogP contribution >= 0.6 is 0 Å². The Balaban J connectivity index is 4.01. The molecule has 0 spiro atoms. The van der Waals surface area contributed by atoms with Crippen molar-refractivity contribution in [2.24, 2.45) is 0 Å². The lowest BCUT2D eigenvalue weighted by atomic mass is 10.0. The van der Waals surface area contributed by atoms with Crippen LogP contribution in [0.15, 0.2) is 85.1 Å². The highest BCUT2D eigenvalue weighted by molar-refractivity contribution is 5.71. The Bertz CT molecular complexity index is 1370. The van der Waals surface area contributed by atoms with Gasteiger partial charge in [-0.05, 0) is 83.5 Å². The molecule has 408 valence electrons. The molecule has 0 rings (SSSR count). The van der Waals surface area contributed by atoms with Gasteiger partial charge in [-0.1, -0.05) is 273 Å². The van der Waals surface area contributed by atoms with Crippen molar-refractivity contribution in [3.05, 3.63) is 85.1 Å². The number of rotatable bonds is 54. The molecule has 0 N–H and O–H groups in total. The van der Waals surface area contributed by atoms with Gasteiger partial charge in [0.05, 0.1) is 0 Å². The first-order chi connectivity index (χ1) is 35.0. The highest BCUT2D eigenvalue weighted by Gasteiger charge is 2.19. The smallest absolute Gasteiger partial charge is 0.306 e. The maximum atomic E-state index is 12.7. The lowest BCUT2D eigenvalue weighted by molar-refractivity contribution is -0.166. The van der Waals surface area contributed by atoms with Gasteiger partial charge in [0.1, 0.15) is 13.2 Å². The summed E-state index contributed by atoms with van der Waals surface area (Å²) < 4.78 is 16.7. The molecule has 0 aromatic carbocycles. The normalized spacial score (nSPS) is 12.7. The van der Waals surface area contributed by atoms with E-state index in [0.717, 1.165) is 77.0 Å². The van der Waals surface area contributed by atoms with E-state index in [1.165, 1.54) is 167 Å². The number of hydrogen-bond donors (Lipinski definition) is 0. The van der Waals surface area contributed by atoms with Crippen LogP contribution in [0.5, 0.6) is 0 Å². The standard InChI is InChI=1S/C65H112O6/c1-4-7-10-13-16-18-20-22-23-24-25-26-27-28-29-30-31-32-33-34-35-36-37-38-39-40-41-43-44-46-49-52-55-58-64(67)70-61-62(60-69-63(66)57-54-51-48-15-12-9-6-3)71-65(68)59-56-53-50-47-45-42-21-19-17-14-11-8-5-2/h8,11,17,19-20,22,24-25,27-28,42,45,50,53,62H,4-7,9-10,12-16,18,21,23,26,29-41,43-44,46-49,51-52,54-61H2,1-3H3/b11-8-,19-17-,22-20-,25-24-,28-27-,45-42-,53-50-. The fourth-order valence-corrected chi connectivity index (χ4v) is 8.41. The summed E-state index contributed by atoms with van der Waals surface area (Å²) in [6.07, 6.45) is 77.9. The maximum Gasteiger partial charge on any atom is 0.306 e. The van der Waals surface area contributed by atoms with Crippen LogP contribution in [0, 0.1) is 0 Å². The second-order valence-corrected chi connectivity index (χ2v) is 19.9. The molecule has 0 radical (unpaired) electrons. The third-order valence-corrected chi connectivity index (χ3v) is 12.9. The number of unbranched alkanes of at least 4 members (excludes halogenated alkanes) is 29. The molecule has 0 saturated heterocycles. The summed E-state index contributed by atoms with van der Waals surface area (Å²) in [6.45, 7) is 6.41. The van der Waals surface area contributed by atoms with Crippen molar-refractivity contribution in [3.8, 4) is 0 Å². The molecular weight excluding hydrogens is 877 g/mol. The van der Waals surface area contributed by atoms with Gasteiger partial charge >= 0.3 is 17.9 Å². The Kier molecular flexibility index (Phi) is 56.3. The van der Waals surface area contributed by atoms with Gasteiger partial charge in [0.2, 0.25) is 0 Å². The first kappa shape index (κ1) is 67.6. The molecule has 71 heavy (non-hydrogen) atoms. The maximum absolute atomic E-state index is 12.7. The molecule has 1 atom stereocenters. The van der Waals surface area contributed by atoms with Crippen LogP contribution in [0.4, 0.5) is 0 Å². The highest BCUT2D eigenvalue weighted by Crippen LogP contribution is 2.16. The predicted molar refractivity (Wildman–Crippen MR) is 307 cm³/mol. The summed E-state index contributed by atoms with van der Waals surface area (Å²) in [5, 5.41) is 0. The van der Waals surface area contributed by atoms with Crippen LogP contribution in [-0.2, 0) is 28.6 Å². The molecule has 0 fully saturated rings. The molecule has 0 aliphatic carbocycles. The molecule has 0 aliphatic rings. The van der Waals surface area contributed by atoms with E-state index in [9.17, 15) is 14.4 Å². The van der Waals surface area contributed by atoms with E-state index in [1.807, 2.05) is 12.2 Å². The lowest BCUT2D eigenvalue weighted by Crippen LogP contribution is -2.30. The number of esters is 3. The Morgan fingerprint density at radius 1 is 0.296 bits per heavy atom. The second-order valence-electron chi connectivity index (χ2n) is 19.9. The minimum atomic E-state index is -0.809. The SMILES string of the molecule is CC/C=C\C/C=C\C/C=C\C/C=C\CCC(=O)OC(COC(=O)CCCCCCCCC)COC(=O)CCCCCCCCCCCCCCCCCCCC/C=C\C/C=C\C/C=C\CCCCCCC. The summed E-state index contributed by atoms with van der Waals surface area (Å²) in [7, 11) is 0. The van der Waals surface area contributed by atoms with E-state index >= 15 is 0 Å². The Hall–Kier alpha value is -3.41. The van der Waals surface area contributed by atoms with Crippen molar-refractivity contribution in [2.45, 2.75) is 297 Å². The fraction of sp³-hybridized carbons (Fsp3) is 0.738. The number of ether oxygens (including phenoxy) is 3. The zero-order valence-corrected chi connectivity index (χ0v) is 46.7. The van der Waals surface area contributed by atoms with Crippen LogP contribution < -0.4 is 0 Å². The van der Waals surface area contributed by atoms with Crippen molar-refractivity contribution < 1.29 is 28.6 Å². The van der Waals surface area contributed by atoms with Crippen molar-refractivity contribution in [3.63, 3.8) is 0 Å². The molecule has 6 heteroatoms. The molecule has 0 heterocycles. The van der Waals surface area contributed by atoms with Gasteiger partial charge in [-0.15, -0.1) is 0 Å². The van der Waals surface area contributed by atoms with E-state index in [4.69, 9.17) is 14.2 Å². The zero-order chi connectivity index (χ0) is 51.4. The van der Waals surface area contributed by atoms with E-state index in [0.29, 0.717) is 19.3 Å². The molecule has 1 unspecified atom stereocenters. The van der Waals surface area contributed by atoms with Crippen LogP contribution in [-0.4, -0.2) is 37.2 Å². The van der Waals surface area contributed by atoms with Crippen molar-refractivity contribution in [1.82, 2.24) is 0 Å². The highest BCUT2D eigenvalue weighted by atomic mass is 16.6. The van der Waals surface area contributed by atoms with Crippen molar-refractivity contribution in [1.29, 1.82) is 0 Å². The third-order valence-electron chi connectivity index (χ3n) is 12.9. The van der Waals surface area contributed by atoms with Gasteiger partial charge in [0.25, 0.3) is 0 Å². The average Bonchev–Trinajstić information content (AvgIpc) is 3.37. The van der Waals surface area contributed by atoms with Crippen molar-refractivity contribution in [2.75, 3.05) is 13.2 Å². The average molecular weight is 990 g/mol. The van der Waals surface area contributed by atoms with Crippen LogP contribution in [0.1, 0.15) is 290 Å². The van der Waals surface area contributed by atoms with Crippen LogP contribution in [0.3, 0.4) is 0 Å². The van der Waals surface area contributed by atoms with Gasteiger partial charge in [0.15, 0.2) is 6.10 Å². The summed E-state index contributed by atoms with van der Waals surface area (Å²) in [5.41, 5.74) is 0. The van der Waals surface area contributed by atoms with Gasteiger partial charge in [-0.25, -0.2) is 0 Å². The molecule has 0 aromatic rings. The Morgan fingerprint density at radius 3 is 0.915 bits per heavy atom. The van der Waals surface area contributed by atoms with E-state index in [-0.39, 0.29) is 37.5 Å². The first-order valence-corrected chi connectivity index (χ1v) is 30.1. The van der Waals surface area contributed by atoms with Crippen molar-refractivity contribution >= 4 is 17.9 Å². The summed E-state index contributed by atoms with van der Waals surface area (Å²) in [6, 6.07) is 0. The minimum absolute atomic E-state index is 0.102. The largest absolute Gasteiger partial charge is 0.462 e. The Morgan fingerprint density at radius 2 is 0.577 bits per heavy atom. The van der Waals surface area contributed by atoms with Gasteiger partial charge in [-0.2, -0.15) is 0 Å².